The fourth-order valence-corrected chi connectivity index (χ4v) is 2.97. The molecule has 1 N–H and O–H groups in total. The van der Waals surface area contributed by atoms with Gasteiger partial charge in [-0.3, -0.25) is 14.5 Å². The first-order valence-electron chi connectivity index (χ1n) is 7.77. The van der Waals surface area contributed by atoms with Crippen molar-refractivity contribution in [3.63, 3.8) is 0 Å². The third-order valence-electron chi connectivity index (χ3n) is 4.41. The molecule has 2 rings (SSSR count). The molecule has 2 amide bonds. The van der Waals surface area contributed by atoms with Gasteiger partial charge in [-0.15, -0.1) is 0 Å². The van der Waals surface area contributed by atoms with E-state index < -0.39 is 0 Å². The van der Waals surface area contributed by atoms with Crippen LogP contribution in [0.1, 0.15) is 27.1 Å². The van der Waals surface area contributed by atoms with Crippen molar-refractivity contribution in [1.82, 2.24) is 15.1 Å². The summed E-state index contributed by atoms with van der Waals surface area (Å²) < 4.78 is 5.40. The van der Waals surface area contributed by atoms with E-state index in [1.165, 1.54) is 0 Å². The van der Waals surface area contributed by atoms with Gasteiger partial charge < -0.3 is 15.0 Å². The van der Waals surface area contributed by atoms with Crippen molar-refractivity contribution in [3.05, 3.63) is 35.4 Å². The second-order valence-electron chi connectivity index (χ2n) is 6.03. The van der Waals surface area contributed by atoms with Crippen LogP contribution in [0.4, 0.5) is 0 Å². The lowest BCUT2D eigenvalue weighted by Gasteiger charge is -2.25. The van der Waals surface area contributed by atoms with E-state index >= 15 is 0 Å². The van der Waals surface area contributed by atoms with Crippen molar-refractivity contribution in [3.8, 4) is 0 Å². The normalized spacial score (nSPS) is 21.2. The lowest BCUT2D eigenvalue weighted by Crippen LogP contribution is -2.39. The van der Waals surface area contributed by atoms with Gasteiger partial charge in [-0.25, -0.2) is 0 Å². The predicted molar refractivity (Wildman–Crippen MR) is 88.6 cm³/mol. The number of hydrogen-bond donors (Lipinski definition) is 1. The van der Waals surface area contributed by atoms with E-state index in [4.69, 9.17) is 4.74 Å². The molecule has 1 saturated heterocycles. The van der Waals surface area contributed by atoms with Gasteiger partial charge in [-0.1, -0.05) is 6.07 Å². The first-order valence-corrected chi connectivity index (χ1v) is 7.77. The summed E-state index contributed by atoms with van der Waals surface area (Å²) in [7, 11) is 7.14. The Kier molecular flexibility index (Phi) is 5.74. The van der Waals surface area contributed by atoms with Crippen LogP contribution in [0.3, 0.4) is 0 Å². The largest absolute Gasteiger partial charge is 0.380 e. The minimum atomic E-state index is -0.194. The molecule has 0 aromatic heterocycles. The van der Waals surface area contributed by atoms with Crippen molar-refractivity contribution in [2.45, 2.75) is 18.6 Å². The van der Waals surface area contributed by atoms with Crippen molar-refractivity contribution >= 4 is 11.8 Å². The summed E-state index contributed by atoms with van der Waals surface area (Å²) in [5.41, 5.74) is 1.02. The molecule has 1 aliphatic rings. The minimum absolute atomic E-state index is 0.0787. The topological polar surface area (TPSA) is 61.9 Å². The fraction of sp³-hybridized carbons (Fsp3) is 0.529. The summed E-state index contributed by atoms with van der Waals surface area (Å²) in [5, 5.41) is 2.57. The van der Waals surface area contributed by atoms with Crippen molar-refractivity contribution in [2.75, 3.05) is 41.3 Å². The van der Waals surface area contributed by atoms with Gasteiger partial charge >= 0.3 is 0 Å². The Bertz CT molecular complexity index is 576. The standard InChI is InChI=1S/C17H25N3O3/c1-18-16(21)12-6-5-7-13(8-12)17(22)20(3)10-14-9-15(23-4)11-19(14)2/h5-8,14-15H,9-11H2,1-4H3,(H,18,21)/t14-,15-/m0/s1. The molecule has 1 aliphatic heterocycles. The SMILES string of the molecule is CNC(=O)c1cccc(C(=O)N(C)C[C@@H]2C[C@H](OC)CN2C)c1. The Hall–Kier alpha value is -1.92. The van der Waals surface area contributed by atoms with E-state index in [1.807, 2.05) is 7.05 Å². The van der Waals surface area contributed by atoms with Crippen molar-refractivity contribution in [1.29, 1.82) is 0 Å². The number of carbonyl (C=O) groups excluding carboxylic acids is 2. The van der Waals surface area contributed by atoms with Crippen LogP contribution in [-0.4, -0.2) is 75.1 Å². The fourth-order valence-electron chi connectivity index (χ4n) is 2.97. The quantitative estimate of drug-likeness (QED) is 0.873. The summed E-state index contributed by atoms with van der Waals surface area (Å²) in [6.45, 7) is 1.52. The van der Waals surface area contributed by atoms with E-state index in [-0.39, 0.29) is 24.0 Å². The van der Waals surface area contributed by atoms with Gasteiger partial charge in [0.15, 0.2) is 0 Å². The van der Waals surface area contributed by atoms with Crippen LogP contribution in [0.2, 0.25) is 0 Å². The highest BCUT2D eigenvalue weighted by Crippen LogP contribution is 2.19. The maximum atomic E-state index is 12.6. The van der Waals surface area contributed by atoms with Crippen molar-refractivity contribution in [2.24, 2.45) is 0 Å². The molecule has 1 heterocycles. The number of rotatable bonds is 5. The highest BCUT2D eigenvalue weighted by molar-refractivity contribution is 5.99. The van der Waals surface area contributed by atoms with Crippen LogP contribution in [0.15, 0.2) is 24.3 Å². The molecule has 1 aromatic carbocycles. The Labute approximate surface area is 137 Å². The van der Waals surface area contributed by atoms with E-state index in [2.05, 4.69) is 10.2 Å². The first-order chi connectivity index (χ1) is 11.0. The van der Waals surface area contributed by atoms with Gasteiger partial charge in [0.05, 0.1) is 6.10 Å². The summed E-state index contributed by atoms with van der Waals surface area (Å²) >= 11 is 0. The average Bonchev–Trinajstić information content (AvgIpc) is 2.93. The third kappa shape index (κ3) is 4.09. The molecule has 23 heavy (non-hydrogen) atoms. The molecular formula is C17H25N3O3. The van der Waals surface area contributed by atoms with Gasteiger partial charge in [0.1, 0.15) is 0 Å². The molecule has 0 spiro atoms. The van der Waals surface area contributed by atoms with Gasteiger partial charge in [0.25, 0.3) is 11.8 Å². The molecule has 2 atom stereocenters. The molecule has 0 saturated carbocycles. The molecule has 6 nitrogen and oxygen atoms in total. The number of methoxy groups -OCH3 is 1. The van der Waals surface area contributed by atoms with Gasteiger partial charge in [0.2, 0.25) is 0 Å². The van der Waals surface area contributed by atoms with Gasteiger partial charge in [-0.05, 0) is 31.7 Å². The Balaban J connectivity index is 2.04. The highest BCUT2D eigenvalue weighted by atomic mass is 16.5. The second kappa shape index (κ2) is 7.57. The Morgan fingerprint density at radius 2 is 2.09 bits per heavy atom. The zero-order valence-corrected chi connectivity index (χ0v) is 14.2. The average molecular weight is 319 g/mol. The van der Waals surface area contributed by atoms with Crippen LogP contribution in [-0.2, 0) is 4.74 Å². The summed E-state index contributed by atoms with van der Waals surface area (Å²) in [4.78, 5) is 28.2. The van der Waals surface area contributed by atoms with Crippen LogP contribution in [0.5, 0.6) is 0 Å². The number of nitrogens with one attached hydrogen (secondary N) is 1. The number of likely N-dealkylation sites (N-methyl/N-ethyl adjacent to an activating group) is 2. The van der Waals surface area contributed by atoms with E-state index in [0.29, 0.717) is 17.7 Å². The number of nitrogens with zero attached hydrogens (tertiary/aromatic N) is 2. The zero-order valence-electron chi connectivity index (χ0n) is 14.2. The molecule has 0 bridgehead atoms. The number of hydrogen-bond acceptors (Lipinski definition) is 4. The molecule has 6 heteroatoms. The maximum Gasteiger partial charge on any atom is 0.253 e. The number of ether oxygens (including phenoxy) is 1. The van der Waals surface area contributed by atoms with E-state index in [0.717, 1.165) is 13.0 Å². The summed E-state index contributed by atoms with van der Waals surface area (Å²) in [6.07, 6.45) is 1.15. The first kappa shape index (κ1) is 17.4. The molecule has 126 valence electrons. The number of amides is 2. The van der Waals surface area contributed by atoms with E-state index in [1.54, 1.807) is 50.4 Å². The second-order valence-corrected chi connectivity index (χ2v) is 6.03. The van der Waals surface area contributed by atoms with Crippen LogP contribution < -0.4 is 5.32 Å². The van der Waals surface area contributed by atoms with Gasteiger partial charge in [-0.2, -0.15) is 0 Å². The number of carbonyl (C=O) groups is 2. The minimum Gasteiger partial charge on any atom is -0.380 e. The maximum absolute atomic E-state index is 12.6. The molecule has 0 aliphatic carbocycles. The lowest BCUT2D eigenvalue weighted by atomic mass is 10.1. The number of benzene rings is 1. The van der Waals surface area contributed by atoms with E-state index in [9.17, 15) is 9.59 Å². The smallest absolute Gasteiger partial charge is 0.253 e. The Morgan fingerprint density at radius 1 is 1.39 bits per heavy atom. The highest BCUT2D eigenvalue weighted by Gasteiger charge is 2.31. The van der Waals surface area contributed by atoms with Crippen LogP contribution in [0.25, 0.3) is 0 Å². The third-order valence-corrected chi connectivity index (χ3v) is 4.41. The van der Waals surface area contributed by atoms with Crippen LogP contribution in [0, 0.1) is 0 Å². The molecule has 1 fully saturated rings. The summed E-state index contributed by atoms with van der Waals surface area (Å²) in [6, 6.07) is 7.09. The van der Waals surface area contributed by atoms with Gasteiger partial charge in [0, 0.05) is 51.5 Å². The van der Waals surface area contributed by atoms with Crippen molar-refractivity contribution < 1.29 is 14.3 Å². The lowest BCUT2D eigenvalue weighted by molar-refractivity contribution is 0.0760. The molecule has 0 unspecified atom stereocenters. The predicted octanol–water partition coefficient (Wildman–Crippen LogP) is 0.837. The Morgan fingerprint density at radius 3 is 2.70 bits per heavy atom. The number of likely N-dealkylation sites (tertiary alicyclic amines) is 1. The molecule has 1 aromatic rings. The monoisotopic (exact) mass is 319 g/mol. The van der Waals surface area contributed by atoms with Crippen LogP contribution >= 0.6 is 0 Å². The zero-order chi connectivity index (χ0) is 17.0. The molecular weight excluding hydrogens is 294 g/mol. The summed E-state index contributed by atoms with van der Waals surface area (Å²) in [5.74, 6) is -0.272. The molecule has 0 radical (unpaired) electrons.